The molecule has 0 spiro atoms. The fraction of sp³-hybridized carbons (Fsp3) is 0.400. The average molecular weight is 241 g/mol. The molecule has 0 radical (unpaired) electrons. The van der Waals surface area contributed by atoms with Gasteiger partial charge in [0.2, 0.25) is 0 Å². The van der Waals surface area contributed by atoms with Crippen LogP contribution in [0.4, 0.5) is 0 Å². The van der Waals surface area contributed by atoms with Crippen LogP contribution in [0, 0.1) is 6.92 Å². The van der Waals surface area contributed by atoms with Crippen molar-refractivity contribution in [2.45, 2.75) is 25.9 Å². The van der Waals surface area contributed by atoms with Gasteiger partial charge in [-0.3, -0.25) is 9.88 Å². The van der Waals surface area contributed by atoms with Crippen molar-refractivity contribution in [1.82, 2.24) is 9.88 Å². The van der Waals surface area contributed by atoms with E-state index in [0.29, 0.717) is 6.04 Å². The Labute approximate surface area is 108 Å². The standard InChI is InChI=1S/C15H19N3/c1-11-8-12(9-18-7-6-13(16)10-18)14-4-2-3-5-15(14)17-11/h2-5,8,13H,6-7,9-10,16H2,1H3. The maximum atomic E-state index is 5.97. The van der Waals surface area contributed by atoms with Crippen molar-refractivity contribution >= 4 is 10.9 Å². The van der Waals surface area contributed by atoms with Gasteiger partial charge in [-0.2, -0.15) is 0 Å². The number of nitrogens with zero attached hydrogens (tertiary/aromatic N) is 2. The molecule has 0 amide bonds. The lowest BCUT2D eigenvalue weighted by atomic mass is 10.1. The fourth-order valence-electron chi connectivity index (χ4n) is 2.77. The van der Waals surface area contributed by atoms with Gasteiger partial charge in [-0.1, -0.05) is 18.2 Å². The molecule has 2 aromatic rings. The third-order valence-electron chi connectivity index (χ3n) is 3.63. The van der Waals surface area contributed by atoms with Crippen molar-refractivity contribution in [3.05, 3.63) is 41.6 Å². The molecule has 1 aliphatic rings. The lowest BCUT2D eigenvalue weighted by Gasteiger charge is -2.17. The summed E-state index contributed by atoms with van der Waals surface area (Å²) in [5, 5.41) is 1.27. The highest BCUT2D eigenvalue weighted by Gasteiger charge is 2.19. The van der Waals surface area contributed by atoms with Gasteiger partial charge in [-0.05, 0) is 31.0 Å². The van der Waals surface area contributed by atoms with E-state index < -0.39 is 0 Å². The van der Waals surface area contributed by atoms with Gasteiger partial charge in [0.25, 0.3) is 0 Å². The zero-order chi connectivity index (χ0) is 12.5. The molecule has 0 aliphatic carbocycles. The number of likely N-dealkylation sites (tertiary alicyclic amines) is 1. The van der Waals surface area contributed by atoms with Gasteiger partial charge in [0, 0.05) is 36.8 Å². The van der Waals surface area contributed by atoms with Crippen LogP contribution in [0.5, 0.6) is 0 Å². The minimum absolute atomic E-state index is 0.346. The van der Waals surface area contributed by atoms with Gasteiger partial charge >= 0.3 is 0 Å². The molecule has 94 valence electrons. The number of para-hydroxylation sites is 1. The number of nitrogens with two attached hydrogens (primary N) is 1. The third kappa shape index (κ3) is 2.24. The summed E-state index contributed by atoms with van der Waals surface area (Å²) in [5.74, 6) is 0. The lowest BCUT2D eigenvalue weighted by Crippen LogP contribution is -2.26. The number of aryl methyl sites for hydroxylation is 1. The molecule has 1 aromatic carbocycles. The Morgan fingerprint density at radius 1 is 1.39 bits per heavy atom. The van der Waals surface area contributed by atoms with E-state index in [1.54, 1.807) is 0 Å². The molecule has 2 N–H and O–H groups in total. The van der Waals surface area contributed by atoms with Crippen LogP contribution in [0.25, 0.3) is 10.9 Å². The molecule has 3 rings (SSSR count). The number of fused-ring (bicyclic) bond motifs is 1. The van der Waals surface area contributed by atoms with E-state index >= 15 is 0 Å². The topological polar surface area (TPSA) is 42.1 Å². The van der Waals surface area contributed by atoms with Crippen LogP contribution in [-0.4, -0.2) is 29.0 Å². The molecule has 18 heavy (non-hydrogen) atoms. The Morgan fingerprint density at radius 3 is 3.00 bits per heavy atom. The quantitative estimate of drug-likeness (QED) is 0.875. The van der Waals surface area contributed by atoms with Gasteiger partial charge in [-0.15, -0.1) is 0 Å². The largest absolute Gasteiger partial charge is 0.326 e. The van der Waals surface area contributed by atoms with Gasteiger partial charge in [0.1, 0.15) is 0 Å². The summed E-state index contributed by atoms with van der Waals surface area (Å²) >= 11 is 0. The Hall–Kier alpha value is -1.45. The van der Waals surface area contributed by atoms with E-state index in [1.807, 2.05) is 6.07 Å². The Bertz CT molecular complexity index is 565. The van der Waals surface area contributed by atoms with Crippen LogP contribution in [0.3, 0.4) is 0 Å². The summed E-state index contributed by atoms with van der Waals surface area (Å²) in [6, 6.07) is 10.9. The van der Waals surface area contributed by atoms with Crippen molar-refractivity contribution in [2.24, 2.45) is 5.73 Å². The van der Waals surface area contributed by atoms with E-state index in [-0.39, 0.29) is 0 Å². The zero-order valence-electron chi connectivity index (χ0n) is 10.8. The maximum Gasteiger partial charge on any atom is 0.0708 e. The van der Waals surface area contributed by atoms with E-state index in [9.17, 15) is 0 Å². The van der Waals surface area contributed by atoms with Crippen molar-refractivity contribution in [2.75, 3.05) is 13.1 Å². The molecular formula is C15H19N3. The summed E-state index contributed by atoms with van der Waals surface area (Å²) < 4.78 is 0. The molecule has 3 nitrogen and oxygen atoms in total. The fourth-order valence-corrected chi connectivity index (χ4v) is 2.77. The predicted molar refractivity (Wildman–Crippen MR) is 74.3 cm³/mol. The van der Waals surface area contributed by atoms with Crippen LogP contribution < -0.4 is 5.73 Å². The first-order valence-corrected chi connectivity index (χ1v) is 6.55. The lowest BCUT2D eigenvalue weighted by molar-refractivity contribution is 0.328. The highest BCUT2D eigenvalue weighted by molar-refractivity contribution is 5.82. The predicted octanol–water partition coefficient (Wildman–Crippen LogP) is 2.08. The second kappa shape index (κ2) is 4.67. The molecule has 1 unspecified atom stereocenters. The number of pyridine rings is 1. The van der Waals surface area contributed by atoms with Crippen molar-refractivity contribution < 1.29 is 0 Å². The molecule has 1 aliphatic heterocycles. The zero-order valence-corrected chi connectivity index (χ0v) is 10.8. The first kappa shape index (κ1) is 11.6. The second-order valence-corrected chi connectivity index (χ2v) is 5.22. The smallest absolute Gasteiger partial charge is 0.0708 e. The van der Waals surface area contributed by atoms with E-state index in [1.165, 1.54) is 10.9 Å². The van der Waals surface area contributed by atoms with Gasteiger partial charge in [-0.25, -0.2) is 0 Å². The second-order valence-electron chi connectivity index (χ2n) is 5.22. The van der Waals surface area contributed by atoms with Gasteiger partial charge in [0.05, 0.1) is 5.52 Å². The maximum absolute atomic E-state index is 5.97. The van der Waals surface area contributed by atoms with Crippen LogP contribution in [0.2, 0.25) is 0 Å². The molecule has 3 heteroatoms. The number of hydrogen-bond donors (Lipinski definition) is 1. The number of benzene rings is 1. The van der Waals surface area contributed by atoms with Gasteiger partial charge < -0.3 is 5.73 Å². The number of hydrogen-bond acceptors (Lipinski definition) is 3. The van der Waals surface area contributed by atoms with Crippen molar-refractivity contribution in [3.8, 4) is 0 Å². The monoisotopic (exact) mass is 241 g/mol. The Balaban J connectivity index is 1.95. The highest BCUT2D eigenvalue weighted by Crippen LogP contribution is 2.21. The minimum atomic E-state index is 0.346. The van der Waals surface area contributed by atoms with Crippen LogP contribution in [0.15, 0.2) is 30.3 Å². The van der Waals surface area contributed by atoms with E-state index in [4.69, 9.17) is 5.73 Å². The molecule has 1 atom stereocenters. The Morgan fingerprint density at radius 2 is 2.22 bits per heavy atom. The normalized spacial score (nSPS) is 20.7. The first-order chi connectivity index (χ1) is 8.72. The summed E-state index contributed by atoms with van der Waals surface area (Å²) in [5.41, 5.74) is 9.52. The molecule has 1 saturated heterocycles. The summed E-state index contributed by atoms with van der Waals surface area (Å²) in [6.07, 6.45) is 1.11. The summed E-state index contributed by atoms with van der Waals surface area (Å²) in [4.78, 5) is 7.02. The number of rotatable bonds is 2. The molecule has 2 heterocycles. The highest BCUT2D eigenvalue weighted by atomic mass is 15.2. The SMILES string of the molecule is Cc1cc(CN2CCC(N)C2)c2ccccc2n1. The molecule has 0 saturated carbocycles. The van der Waals surface area contributed by atoms with Crippen LogP contribution in [0.1, 0.15) is 17.7 Å². The van der Waals surface area contributed by atoms with E-state index in [0.717, 1.165) is 37.3 Å². The molecule has 0 bridgehead atoms. The number of aromatic nitrogens is 1. The summed E-state index contributed by atoms with van der Waals surface area (Å²) in [6.45, 7) is 5.16. The Kier molecular flexibility index (Phi) is 3.02. The minimum Gasteiger partial charge on any atom is -0.326 e. The molecular weight excluding hydrogens is 222 g/mol. The summed E-state index contributed by atoms with van der Waals surface area (Å²) in [7, 11) is 0. The first-order valence-electron chi connectivity index (χ1n) is 6.55. The molecule has 1 aromatic heterocycles. The van der Waals surface area contributed by atoms with E-state index in [2.05, 4.69) is 41.1 Å². The van der Waals surface area contributed by atoms with Crippen molar-refractivity contribution in [3.63, 3.8) is 0 Å². The molecule has 1 fully saturated rings. The van der Waals surface area contributed by atoms with Crippen LogP contribution >= 0.6 is 0 Å². The average Bonchev–Trinajstić information content (AvgIpc) is 2.74. The van der Waals surface area contributed by atoms with Crippen LogP contribution in [-0.2, 0) is 6.54 Å². The van der Waals surface area contributed by atoms with Crippen molar-refractivity contribution in [1.29, 1.82) is 0 Å². The third-order valence-corrected chi connectivity index (χ3v) is 3.63. The van der Waals surface area contributed by atoms with Gasteiger partial charge in [0.15, 0.2) is 0 Å².